The van der Waals surface area contributed by atoms with Gasteiger partial charge < -0.3 is 19.5 Å². The van der Waals surface area contributed by atoms with Gasteiger partial charge in [-0.2, -0.15) is 5.10 Å². The predicted octanol–water partition coefficient (Wildman–Crippen LogP) is 2.30. The molecule has 0 spiro atoms. The number of fused-ring (bicyclic) bond motifs is 3. The molecule has 0 unspecified atom stereocenters. The molecular formula is C24H29FN4O4. The van der Waals surface area contributed by atoms with Crippen molar-refractivity contribution in [1.82, 2.24) is 19.7 Å². The Hall–Kier alpha value is -2.52. The lowest BCUT2D eigenvalue weighted by Crippen LogP contribution is -2.40. The summed E-state index contributed by atoms with van der Waals surface area (Å²) < 4.78 is 27.7. The van der Waals surface area contributed by atoms with Crippen LogP contribution in [-0.2, 0) is 17.7 Å². The maximum atomic E-state index is 14.0. The van der Waals surface area contributed by atoms with E-state index >= 15 is 0 Å². The molecule has 2 saturated heterocycles. The maximum Gasteiger partial charge on any atom is 0.274 e. The molecule has 0 aromatic carbocycles. The summed E-state index contributed by atoms with van der Waals surface area (Å²) in [6.07, 6.45) is 5.55. The molecule has 0 radical (unpaired) electrons. The van der Waals surface area contributed by atoms with Crippen LogP contribution in [0.1, 0.15) is 59.8 Å². The van der Waals surface area contributed by atoms with Crippen molar-refractivity contribution in [2.24, 2.45) is 5.92 Å². The lowest BCUT2D eigenvalue weighted by atomic mass is 10.1. The number of nitrogens with zero attached hydrogens (tertiary/aromatic N) is 4. The van der Waals surface area contributed by atoms with Crippen LogP contribution in [-0.4, -0.2) is 68.7 Å². The quantitative estimate of drug-likeness (QED) is 0.743. The molecule has 1 N–H and O–H groups in total. The van der Waals surface area contributed by atoms with Crippen LogP contribution in [0.5, 0.6) is 5.88 Å². The number of halogens is 1. The van der Waals surface area contributed by atoms with Crippen LogP contribution >= 0.6 is 0 Å². The molecule has 1 amide bonds. The van der Waals surface area contributed by atoms with Gasteiger partial charge in [0.05, 0.1) is 25.4 Å². The van der Waals surface area contributed by atoms with E-state index in [1.165, 1.54) is 18.0 Å². The van der Waals surface area contributed by atoms with Crippen LogP contribution in [0.3, 0.4) is 0 Å². The average molecular weight is 457 g/mol. The lowest BCUT2D eigenvalue weighted by Gasteiger charge is -2.30. The number of hydrogen-bond donors (Lipinski definition) is 1. The minimum absolute atomic E-state index is 0.0131. The fraction of sp³-hybridized carbons (Fsp3) is 0.625. The van der Waals surface area contributed by atoms with E-state index in [9.17, 15) is 14.3 Å². The van der Waals surface area contributed by atoms with Gasteiger partial charge in [0.2, 0.25) is 0 Å². The number of amides is 1. The Labute approximate surface area is 191 Å². The van der Waals surface area contributed by atoms with Gasteiger partial charge >= 0.3 is 0 Å². The highest BCUT2D eigenvalue weighted by molar-refractivity contribution is 5.94. The molecule has 33 heavy (non-hydrogen) atoms. The van der Waals surface area contributed by atoms with Gasteiger partial charge in [-0.3, -0.25) is 9.48 Å². The molecule has 1 saturated carbocycles. The van der Waals surface area contributed by atoms with Crippen LogP contribution in [0.15, 0.2) is 18.3 Å². The third kappa shape index (κ3) is 4.01. The fourth-order valence-electron chi connectivity index (χ4n) is 5.61. The highest BCUT2D eigenvalue weighted by Gasteiger charge is 2.50. The third-order valence-corrected chi connectivity index (χ3v) is 7.50. The van der Waals surface area contributed by atoms with Crippen molar-refractivity contribution in [3.63, 3.8) is 0 Å². The second-order valence-corrected chi connectivity index (χ2v) is 9.77. The van der Waals surface area contributed by atoms with E-state index in [1.54, 1.807) is 6.07 Å². The molecule has 4 aliphatic rings. The number of pyridine rings is 1. The lowest BCUT2D eigenvalue weighted by molar-refractivity contribution is -0.0453. The highest BCUT2D eigenvalue weighted by Crippen LogP contribution is 2.57. The van der Waals surface area contributed by atoms with E-state index in [2.05, 4.69) is 4.98 Å². The van der Waals surface area contributed by atoms with Gasteiger partial charge in [-0.1, -0.05) is 0 Å². The first-order chi connectivity index (χ1) is 16.1. The van der Waals surface area contributed by atoms with E-state index < -0.39 is 5.82 Å². The first-order valence-electron chi connectivity index (χ1n) is 12.0. The van der Waals surface area contributed by atoms with Crippen molar-refractivity contribution in [2.45, 2.75) is 69.3 Å². The van der Waals surface area contributed by atoms with Gasteiger partial charge in [-0.05, 0) is 49.7 Å². The third-order valence-electron chi connectivity index (χ3n) is 7.50. The Bertz CT molecular complexity index is 1050. The zero-order chi connectivity index (χ0) is 22.5. The monoisotopic (exact) mass is 456 g/mol. The normalized spacial score (nSPS) is 29.0. The van der Waals surface area contributed by atoms with Crippen molar-refractivity contribution in [3.8, 4) is 5.88 Å². The fourth-order valence-corrected chi connectivity index (χ4v) is 5.61. The number of ether oxygens (including phenoxy) is 2. The summed E-state index contributed by atoms with van der Waals surface area (Å²) in [6.45, 7) is 2.23. The summed E-state index contributed by atoms with van der Waals surface area (Å²) in [5, 5.41) is 14.6. The largest absolute Gasteiger partial charge is 0.472 e. The Morgan fingerprint density at radius 1 is 1.27 bits per heavy atom. The molecule has 8 nitrogen and oxygen atoms in total. The number of likely N-dealkylation sites (tertiary alicyclic amines) is 1. The zero-order valence-electron chi connectivity index (χ0n) is 18.5. The minimum atomic E-state index is -0.460. The SMILES string of the molecule is O=C(c1nn(C[C@H]2C[C@H](Oc3ncccc3F)CCO2)c2c1[C@@H]1C[C@@H]1C2)N1CCC(O)CC1. The molecule has 9 heteroatoms. The van der Waals surface area contributed by atoms with E-state index in [0.717, 1.165) is 18.4 Å². The number of piperidine rings is 1. The highest BCUT2D eigenvalue weighted by atomic mass is 19.1. The average Bonchev–Trinajstić information content (AvgIpc) is 3.34. The first-order valence-corrected chi connectivity index (χ1v) is 12.0. The summed E-state index contributed by atoms with van der Waals surface area (Å²) in [4.78, 5) is 19.1. The number of aliphatic hydroxyl groups is 1. The van der Waals surface area contributed by atoms with Crippen LogP contribution in [0.25, 0.3) is 0 Å². The van der Waals surface area contributed by atoms with E-state index in [0.29, 0.717) is 69.5 Å². The molecule has 2 aliphatic carbocycles. The predicted molar refractivity (Wildman–Crippen MR) is 116 cm³/mol. The van der Waals surface area contributed by atoms with Crippen molar-refractivity contribution < 1.29 is 23.8 Å². The van der Waals surface area contributed by atoms with Gasteiger partial charge in [0.15, 0.2) is 11.5 Å². The zero-order valence-corrected chi connectivity index (χ0v) is 18.5. The summed E-state index contributed by atoms with van der Waals surface area (Å²) >= 11 is 0. The second-order valence-electron chi connectivity index (χ2n) is 9.77. The van der Waals surface area contributed by atoms with Gasteiger partial charge in [-0.15, -0.1) is 0 Å². The van der Waals surface area contributed by atoms with Crippen LogP contribution < -0.4 is 4.74 Å². The minimum Gasteiger partial charge on any atom is -0.472 e. The Balaban J connectivity index is 1.18. The Morgan fingerprint density at radius 2 is 2.12 bits per heavy atom. The number of rotatable bonds is 5. The van der Waals surface area contributed by atoms with E-state index in [4.69, 9.17) is 14.6 Å². The molecule has 2 aromatic rings. The summed E-state index contributed by atoms with van der Waals surface area (Å²) in [5.41, 5.74) is 2.89. The maximum absolute atomic E-state index is 14.0. The van der Waals surface area contributed by atoms with E-state index in [1.807, 2.05) is 9.58 Å². The molecule has 2 aliphatic heterocycles. The molecule has 6 rings (SSSR count). The van der Waals surface area contributed by atoms with Gasteiger partial charge in [0.25, 0.3) is 11.8 Å². The second kappa shape index (κ2) is 8.36. The Morgan fingerprint density at radius 3 is 2.94 bits per heavy atom. The molecule has 0 bridgehead atoms. The first kappa shape index (κ1) is 21.0. The number of carbonyl (C=O) groups excluding carboxylic acids is 1. The number of aromatic nitrogens is 3. The topological polar surface area (TPSA) is 89.7 Å². The van der Waals surface area contributed by atoms with Crippen molar-refractivity contribution >= 4 is 5.91 Å². The summed E-state index contributed by atoms with van der Waals surface area (Å²) in [6, 6.07) is 2.89. The van der Waals surface area contributed by atoms with Crippen molar-refractivity contribution in [1.29, 1.82) is 0 Å². The van der Waals surface area contributed by atoms with Crippen LogP contribution in [0.2, 0.25) is 0 Å². The van der Waals surface area contributed by atoms with Gasteiger partial charge in [0.1, 0.15) is 6.10 Å². The molecular weight excluding hydrogens is 427 g/mol. The van der Waals surface area contributed by atoms with Crippen molar-refractivity contribution in [2.75, 3.05) is 19.7 Å². The smallest absolute Gasteiger partial charge is 0.274 e. The van der Waals surface area contributed by atoms with Gasteiger partial charge in [0, 0.05) is 43.4 Å². The molecule has 3 fully saturated rings. The molecule has 4 atom stereocenters. The summed E-state index contributed by atoms with van der Waals surface area (Å²) in [5.74, 6) is 0.648. The van der Waals surface area contributed by atoms with Gasteiger partial charge in [-0.25, -0.2) is 9.37 Å². The molecule has 4 heterocycles. The standard InChI is InChI=1S/C24H29FN4O4/c25-19-2-1-6-26-23(19)33-16-5-9-32-17(12-16)13-29-20-11-14-10-18(14)21(20)22(27-29)24(31)28-7-3-15(30)4-8-28/h1-2,6,14-18,30H,3-5,7-13H2/t14-,16-,17-,18-/m1/s1. The molecule has 176 valence electrons. The van der Waals surface area contributed by atoms with Crippen LogP contribution in [0, 0.1) is 11.7 Å². The molecule has 2 aromatic heterocycles. The van der Waals surface area contributed by atoms with Crippen molar-refractivity contribution in [3.05, 3.63) is 41.1 Å². The number of carbonyl (C=O) groups is 1. The number of aliphatic hydroxyl groups excluding tert-OH is 1. The Kier molecular flexibility index (Phi) is 5.33. The van der Waals surface area contributed by atoms with Crippen LogP contribution in [0.4, 0.5) is 4.39 Å². The van der Waals surface area contributed by atoms with E-state index in [-0.39, 0.29) is 30.1 Å². The number of hydrogen-bond acceptors (Lipinski definition) is 6. The summed E-state index contributed by atoms with van der Waals surface area (Å²) in [7, 11) is 0.